The molecule has 114 valence electrons. The first kappa shape index (κ1) is 15.3. The van der Waals surface area contributed by atoms with E-state index in [2.05, 4.69) is 5.32 Å². The fraction of sp³-hybridized carbons (Fsp3) is 0.467. The van der Waals surface area contributed by atoms with E-state index in [0.717, 1.165) is 17.7 Å². The Morgan fingerprint density at radius 1 is 1.48 bits per heavy atom. The highest BCUT2D eigenvalue weighted by Gasteiger charge is 2.27. The summed E-state index contributed by atoms with van der Waals surface area (Å²) in [7, 11) is 1.62. The highest BCUT2D eigenvalue weighted by atomic mass is 16.5. The number of anilines is 1. The summed E-state index contributed by atoms with van der Waals surface area (Å²) in [6.45, 7) is 1.59. The number of nitrogens with zero attached hydrogens (tertiary/aromatic N) is 1. The molecule has 6 heteroatoms. The number of hydrogen-bond donors (Lipinski definition) is 2. The molecule has 0 saturated carbocycles. The Morgan fingerprint density at radius 3 is 3.00 bits per heavy atom. The minimum Gasteiger partial charge on any atom is -0.481 e. The lowest BCUT2D eigenvalue weighted by molar-refractivity contribution is -0.138. The van der Waals surface area contributed by atoms with Crippen LogP contribution >= 0.6 is 0 Å². The minimum absolute atomic E-state index is 0.0491. The number of rotatable bonds is 5. The maximum atomic E-state index is 12.2. The number of urea groups is 1. The Labute approximate surface area is 123 Å². The van der Waals surface area contributed by atoms with Crippen LogP contribution in [0.1, 0.15) is 18.4 Å². The van der Waals surface area contributed by atoms with Crippen LogP contribution in [-0.4, -0.2) is 42.2 Å². The van der Waals surface area contributed by atoms with Gasteiger partial charge in [-0.15, -0.1) is 0 Å². The van der Waals surface area contributed by atoms with Gasteiger partial charge in [0.05, 0.1) is 6.61 Å². The lowest BCUT2D eigenvalue weighted by Gasteiger charge is -2.17. The summed E-state index contributed by atoms with van der Waals surface area (Å²) < 4.78 is 5.06. The maximum absolute atomic E-state index is 12.2. The summed E-state index contributed by atoms with van der Waals surface area (Å²) in [6.07, 6.45) is 0.858. The van der Waals surface area contributed by atoms with E-state index in [4.69, 9.17) is 9.84 Å². The van der Waals surface area contributed by atoms with Gasteiger partial charge in [0.15, 0.2) is 0 Å². The third-order valence-electron chi connectivity index (χ3n) is 3.53. The Balaban J connectivity index is 1.90. The van der Waals surface area contributed by atoms with Crippen molar-refractivity contribution in [1.82, 2.24) is 4.90 Å². The molecule has 0 aromatic heterocycles. The predicted octanol–water partition coefficient (Wildman–Crippen LogP) is 2.16. The second-order valence-electron chi connectivity index (χ2n) is 5.26. The zero-order valence-electron chi connectivity index (χ0n) is 12.0. The second-order valence-corrected chi connectivity index (χ2v) is 5.26. The van der Waals surface area contributed by atoms with Crippen LogP contribution in [0.5, 0.6) is 0 Å². The summed E-state index contributed by atoms with van der Waals surface area (Å²) in [5.74, 6) is -0.761. The molecule has 0 bridgehead atoms. The topological polar surface area (TPSA) is 78.9 Å². The molecule has 6 nitrogen and oxygen atoms in total. The molecule has 1 saturated heterocycles. The highest BCUT2D eigenvalue weighted by molar-refractivity contribution is 5.89. The predicted molar refractivity (Wildman–Crippen MR) is 78.1 cm³/mol. The first-order chi connectivity index (χ1) is 10.1. The standard InChI is InChI=1S/C15H20N2O4/c1-21-10-12-3-2-4-13(7-12)16-15(20)17-6-5-11(9-17)8-14(18)19/h2-4,7,11H,5-6,8-10H2,1H3,(H,16,20)(H,18,19). The van der Waals surface area contributed by atoms with Crippen molar-refractivity contribution < 1.29 is 19.4 Å². The van der Waals surface area contributed by atoms with Gasteiger partial charge in [-0.1, -0.05) is 12.1 Å². The maximum Gasteiger partial charge on any atom is 0.321 e. The molecule has 2 amide bonds. The van der Waals surface area contributed by atoms with Gasteiger partial charge in [-0.2, -0.15) is 0 Å². The molecule has 21 heavy (non-hydrogen) atoms. The second kappa shape index (κ2) is 7.08. The van der Waals surface area contributed by atoms with Crippen molar-refractivity contribution in [3.8, 4) is 0 Å². The summed E-state index contributed by atoms with van der Waals surface area (Å²) in [4.78, 5) is 24.5. The number of likely N-dealkylation sites (tertiary alicyclic amines) is 1. The van der Waals surface area contributed by atoms with Crippen LogP contribution in [0.2, 0.25) is 0 Å². The number of carbonyl (C=O) groups is 2. The van der Waals surface area contributed by atoms with Gasteiger partial charge >= 0.3 is 12.0 Å². The molecule has 1 unspecified atom stereocenters. The van der Waals surface area contributed by atoms with Gasteiger partial charge in [-0.25, -0.2) is 4.79 Å². The number of aliphatic carboxylic acids is 1. The number of ether oxygens (including phenoxy) is 1. The largest absolute Gasteiger partial charge is 0.481 e. The first-order valence-corrected chi connectivity index (χ1v) is 6.94. The van der Waals surface area contributed by atoms with Crippen molar-refractivity contribution in [3.63, 3.8) is 0 Å². The number of carbonyl (C=O) groups excluding carboxylic acids is 1. The number of amides is 2. The number of nitrogens with one attached hydrogen (secondary N) is 1. The molecule has 0 spiro atoms. The smallest absolute Gasteiger partial charge is 0.321 e. The molecule has 1 heterocycles. The van der Waals surface area contributed by atoms with Crippen LogP contribution < -0.4 is 5.32 Å². The fourth-order valence-corrected chi connectivity index (χ4v) is 2.54. The van der Waals surface area contributed by atoms with Crippen LogP contribution in [0.15, 0.2) is 24.3 Å². The van der Waals surface area contributed by atoms with Crippen LogP contribution in [0.4, 0.5) is 10.5 Å². The SMILES string of the molecule is COCc1cccc(NC(=O)N2CCC(CC(=O)O)C2)c1. The van der Waals surface area contributed by atoms with Gasteiger partial charge in [0.25, 0.3) is 0 Å². The third-order valence-corrected chi connectivity index (χ3v) is 3.53. The van der Waals surface area contributed by atoms with Crippen LogP contribution in [0, 0.1) is 5.92 Å². The average Bonchev–Trinajstić information content (AvgIpc) is 2.87. The van der Waals surface area contributed by atoms with Crippen LogP contribution in [0.3, 0.4) is 0 Å². The Bertz CT molecular complexity index is 518. The Hall–Kier alpha value is -2.08. The zero-order chi connectivity index (χ0) is 15.2. The van der Waals surface area contributed by atoms with E-state index in [0.29, 0.717) is 19.7 Å². The van der Waals surface area contributed by atoms with E-state index in [1.807, 2.05) is 24.3 Å². The normalized spacial score (nSPS) is 17.8. The molecular formula is C15H20N2O4. The van der Waals surface area contributed by atoms with Gasteiger partial charge in [0.1, 0.15) is 0 Å². The van der Waals surface area contributed by atoms with Crippen LogP contribution in [0.25, 0.3) is 0 Å². The zero-order valence-corrected chi connectivity index (χ0v) is 12.0. The molecule has 0 aliphatic carbocycles. The molecule has 0 radical (unpaired) electrons. The van der Waals surface area contributed by atoms with Gasteiger partial charge in [0.2, 0.25) is 0 Å². The molecule has 2 N–H and O–H groups in total. The van der Waals surface area contributed by atoms with E-state index in [1.165, 1.54) is 0 Å². The quantitative estimate of drug-likeness (QED) is 0.871. The summed E-state index contributed by atoms with van der Waals surface area (Å²) in [5.41, 5.74) is 1.71. The van der Waals surface area contributed by atoms with Crippen molar-refractivity contribution >= 4 is 17.7 Å². The number of methoxy groups -OCH3 is 1. The molecule has 1 atom stereocenters. The summed E-state index contributed by atoms with van der Waals surface area (Å²) in [6, 6.07) is 7.30. The van der Waals surface area contributed by atoms with E-state index in [-0.39, 0.29) is 18.4 Å². The summed E-state index contributed by atoms with van der Waals surface area (Å²) >= 11 is 0. The van der Waals surface area contributed by atoms with E-state index >= 15 is 0 Å². The van der Waals surface area contributed by atoms with Gasteiger partial charge in [-0.3, -0.25) is 4.79 Å². The molecular weight excluding hydrogens is 272 g/mol. The first-order valence-electron chi connectivity index (χ1n) is 6.94. The molecule has 2 rings (SSSR count). The Morgan fingerprint density at radius 2 is 2.29 bits per heavy atom. The number of hydrogen-bond acceptors (Lipinski definition) is 3. The molecule has 1 aliphatic rings. The van der Waals surface area contributed by atoms with Crippen LogP contribution in [-0.2, 0) is 16.1 Å². The fourth-order valence-electron chi connectivity index (χ4n) is 2.54. The lowest BCUT2D eigenvalue weighted by atomic mass is 10.1. The van der Waals surface area contributed by atoms with Crippen molar-refractivity contribution in [2.75, 3.05) is 25.5 Å². The highest BCUT2D eigenvalue weighted by Crippen LogP contribution is 2.21. The number of benzene rings is 1. The molecule has 1 aromatic carbocycles. The molecule has 1 aromatic rings. The van der Waals surface area contributed by atoms with Crippen molar-refractivity contribution in [3.05, 3.63) is 29.8 Å². The number of carboxylic acid groups (broad SMARTS) is 1. The van der Waals surface area contributed by atoms with Crippen molar-refractivity contribution in [1.29, 1.82) is 0 Å². The van der Waals surface area contributed by atoms with Gasteiger partial charge in [0, 0.05) is 32.3 Å². The van der Waals surface area contributed by atoms with E-state index in [9.17, 15) is 9.59 Å². The number of carboxylic acids is 1. The van der Waals surface area contributed by atoms with Gasteiger partial charge < -0.3 is 20.1 Å². The van der Waals surface area contributed by atoms with Crippen molar-refractivity contribution in [2.45, 2.75) is 19.4 Å². The Kier molecular flexibility index (Phi) is 5.16. The molecule has 1 aliphatic heterocycles. The third kappa shape index (κ3) is 4.46. The van der Waals surface area contributed by atoms with E-state index < -0.39 is 5.97 Å². The van der Waals surface area contributed by atoms with Crippen molar-refractivity contribution in [2.24, 2.45) is 5.92 Å². The monoisotopic (exact) mass is 292 g/mol. The molecule has 1 fully saturated rings. The lowest BCUT2D eigenvalue weighted by Crippen LogP contribution is -2.33. The minimum atomic E-state index is -0.811. The average molecular weight is 292 g/mol. The summed E-state index contributed by atoms with van der Waals surface area (Å²) in [5, 5.41) is 11.6. The van der Waals surface area contributed by atoms with E-state index in [1.54, 1.807) is 12.0 Å². The van der Waals surface area contributed by atoms with Gasteiger partial charge in [-0.05, 0) is 30.0 Å².